The molecule has 3 nitrogen and oxygen atoms in total. The van der Waals surface area contributed by atoms with Crippen molar-refractivity contribution >= 4 is 0 Å². The normalized spacial score (nSPS) is 12.5. The first-order valence-corrected chi connectivity index (χ1v) is 4.96. The van der Waals surface area contributed by atoms with Gasteiger partial charge in [0.2, 0.25) is 0 Å². The summed E-state index contributed by atoms with van der Waals surface area (Å²) >= 11 is 0. The summed E-state index contributed by atoms with van der Waals surface area (Å²) in [6, 6.07) is 0.829. The van der Waals surface area contributed by atoms with Gasteiger partial charge in [0.1, 0.15) is 5.75 Å². The number of oxazole rings is 1. The van der Waals surface area contributed by atoms with E-state index in [9.17, 15) is 26.3 Å². The van der Waals surface area contributed by atoms with Gasteiger partial charge in [0.15, 0.2) is 6.26 Å². The van der Waals surface area contributed by atoms with Crippen molar-refractivity contribution in [3.05, 3.63) is 41.8 Å². The highest BCUT2D eigenvalue weighted by Gasteiger charge is 2.38. The molecule has 0 aliphatic carbocycles. The quantitative estimate of drug-likeness (QED) is 0.775. The van der Waals surface area contributed by atoms with E-state index >= 15 is 0 Å². The van der Waals surface area contributed by atoms with Crippen LogP contribution in [0.3, 0.4) is 0 Å². The fourth-order valence-corrected chi connectivity index (χ4v) is 1.34. The van der Waals surface area contributed by atoms with Crippen molar-refractivity contribution in [3.63, 3.8) is 0 Å². The predicted octanol–water partition coefficient (Wildman–Crippen LogP) is 4.30. The van der Waals surface area contributed by atoms with Gasteiger partial charge in [0.25, 0.3) is 0 Å². The van der Waals surface area contributed by atoms with Crippen LogP contribution in [-0.4, -0.2) is 4.98 Å². The van der Waals surface area contributed by atoms with Crippen LogP contribution in [0, 0.1) is 6.26 Å². The van der Waals surface area contributed by atoms with E-state index in [0.717, 1.165) is 6.20 Å². The average molecular weight is 296 g/mol. The Morgan fingerprint density at radius 3 is 2.25 bits per heavy atom. The molecular weight excluding hydrogens is 292 g/mol. The zero-order chi connectivity index (χ0) is 15.0. The van der Waals surface area contributed by atoms with Crippen LogP contribution in [0.15, 0.2) is 28.8 Å². The van der Waals surface area contributed by atoms with Crippen molar-refractivity contribution in [2.24, 2.45) is 0 Å². The summed E-state index contributed by atoms with van der Waals surface area (Å²) < 4.78 is 84.5. The highest BCUT2D eigenvalue weighted by atomic mass is 19.4. The molecule has 1 heterocycles. The molecule has 0 spiro atoms. The van der Waals surface area contributed by atoms with Crippen molar-refractivity contribution in [1.29, 1.82) is 0 Å². The van der Waals surface area contributed by atoms with Gasteiger partial charge in [0.05, 0.1) is 17.3 Å². The second kappa shape index (κ2) is 4.73. The zero-order valence-electron chi connectivity index (χ0n) is 9.34. The molecule has 0 unspecified atom stereocenters. The Morgan fingerprint density at radius 2 is 1.75 bits per heavy atom. The maximum absolute atomic E-state index is 12.7. The van der Waals surface area contributed by atoms with Crippen molar-refractivity contribution in [2.45, 2.75) is 12.4 Å². The van der Waals surface area contributed by atoms with Gasteiger partial charge in [-0.05, 0) is 18.2 Å². The van der Waals surface area contributed by atoms with E-state index in [1.807, 2.05) is 6.26 Å². The van der Waals surface area contributed by atoms with Crippen LogP contribution in [0.2, 0.25) is 0 Å². The van der Waals surface area contributed by atoms with Crippen molar-refractivity contribution < 1.29 is 35.5 Å². The third-order valence-corrected chi connectivity index (χ3v) is 2.18. The molecule has 1 radical (unpaired) electrons. The molecule has 9 heteroatoms. The lowest BCUT2D eigenvalue weighted by molar-refractivity contribution is -0.142. The van der Waals surface area contributed by atoms with Crippen LogP contribution in [0.5, 0.6) is 11.8 Å². The van der Waals surface area contributed by atoms with Gasteiger partial charge in [-0.1, -0.05) is 0 Å². The highest BCUT2D eigenvalue weighted by Crippen LogP contribution is 2.41. The molecule has 0 fully saturated rings. The lowest BCUT2D eigenvalue weighted by Gasteiger charge is -2.14. The van der Waals surface area contributed by atoms with Gasteiger partial charge < -0.3 is 9.15 Å². The van der Waals surface area contributed by atoms with Gasteiger partial charge >= 0.3 is 18.4 Å². The second-order valence-corrected chi connectivity index (χ2v) is 3.55. The van der Waals surface area contributed by atoms with E-state index in [2.05, 4.69) is 14.1 Å². The standard InChI is InChI=1S/C11H4F6NO2/c12-10(13,14)6-1-2-7(11(15,16)17)8(5-6)20-9-18-3-4-19-9/h1-3,5H. The summed E-state index contributed by atoms with van der Waals surface area (Å²) in [6.07, 6.45) is -7.33. The van der Waals surface area contributed by atoms with Gasteiger partial charge in [-0.3, -0.25) is 0 Å². The Kier molecular flexibility index (Phi) is 3.36. The molecule has 2 rings (SSSR count). The number of halogens is 6. The Morgan fingerprint density at radius 1 is 1.05 bits per heavy atom. The molecule has 0 amide bonds. The van der Waals surface area contributed by atoms with Gasteiger partial charge in [0, 0.05) is 0 Å². The third kappa shape index (κ3) is 3.03. The molecule has 2 aromatic rings. The minimum atomic E-state index is -4.88. The second-order valence-electron chi connectivity index (χ2n) is 3.55. The van der Waals surface area contributed by atoms with Gasteiger partial charge in [-0.2, -0.15) is 31.3 Å². The van der Waals surface area contributed by atoms with E-state index in [-0.39, 0.29) is 12.1 Å². The summed E-state index contributed by atoms with van der Waals surface area (Å²) in [7, 11) is 0. The predicted molar refractivity (Wildman–Crippen MR) is 51.9 cm³/mol. The molecule has 20 heavy (non-hydrogen) atoms. The topological polar surface area (TPSA) is 35.3 Å². The summed E-state index contributed by atoms with van der Waals surface area (Å²) in [4.78, 5) is 3.33. The van der Waals surface area contributed by atoms with Crippen LogP contribution < -0.4 is 4.74 Å². The van der Waals surface area contributed by atoms with Crippen LogP contribution >= 0.6 is 0 Å². The summed E-state index contributed by atoms with van der Waals surface area (Å²) in [5, 5.41) is 0. The summed E-state index contributed by atoms with van der Waals surface area (Å²) in [5.74, 6) is -1.05. The Labute approximate surface area is 107 Å². The number of hydrogen-bond donors (Lipinski definition) is 0. The van der Waals surface area contributed by atoms with Gasteiger partial charge in [-0.15, -0.1) is 0 Å². The molecule has 0 saturated carbocycles. The molecule has 0 N–H and O–H groups in total. The lowest BCUT2D eigenvalue weighted by Crippen LogP contribution is -2.10. The average Bonchev–Trinajstić information content (AvgIpc) is 2.79. The molecule has 0 bridgehead atoms. The third-order valence-electron chi connectivity index (χ3n) is 2.18. The molecular formula is C11H4F6NO2. The van der Waals surface area contributed by atoms with Crippen LogP contribution in [0.1, 0.15) is 11.1 Å². The van der Waals surface area contributed by atoms with Crippen LogP contribution in [0.25, 0.3) is 0 Å². The fourth-order valence-electron chi connectivity index (χ4n) is 1.34. The number of nitrogens with zero attached hydrogens (tertiary/aromatic N) is 1. The minimum absolute atomic E-state index is 0.229. The number of benzene rings is 1. The fraction of sp³-hybridized carbons (Fsp3) is 0.182. The van der Waals surface area contributed by atoms with E-state index in [1.165, 1.54) is 0 Å². The number of ether oxygens (including phenoxy) is 1. The van der Waals surface area contributed by atoms with E-state index in [1.54, 1.807) is 0 Å². The lowest BCUT2D eigenvalue weighted by atomic mass is 10.1. The highest BCUT2D eigenvalue weighted by molar-refractivity contribution is 5.41. The first kappa shape index (κ1) is 14.2. The van der Waals surface area contributed by atoms with Crippen LogP contribution in [0.4, 0.5) is 26.3 Å². The largest absolute Gasteiger partial charge is 0.419 e. The van der Waals surface area contributed by atoms with E-state index < -0.39 is 35.3 Å². The van der Waals surface area contributed by atoms with Crippen molar-refractivity contribution in [2.75, 3.05) is 0 Å². The number of aromatic nitrogens is 1. The SMILES string of the molecule is FC(F)(F)c1ccc(C(F)(F)F)c(Oc2nc[c]o2)c1. The molecule has 107 valence electrons. The minimum Gasteiger partial charge on any atom is -0.410 e. The number of hydrogen-bond acceptors (Lipinski definition) is 3. The summed E-state index contributed by atoms with van der Waals surface area (Å²) in [6.45, 7) is 0. The molecule has 0 aliphatic rings. The Bertz CT molecular complexity index is 588. The molecule has 1 aromatic heterocycles. The first-order chi connectivity index (χ1) is 9.18. The van der Waals surface area contributed by atoms with Gasteiger partial charge in [-0.25, -0.2) is 0 Å². The smallest absolute Gasteiger partial charge is 0.410 e. The zero-order valence-corrected chi connectivity index (χ0v) is 9.34. The van der Waals surface area contributed by atoms with Crippen molar-refractivity contribution in [3.8, 4) is 11.8 Å². The van der Waals surface area contributed by atoms with E-state index in [0.29, 0.717) is 6.07 Å². The monoisotopic (exact) mass is 296 g/mol. The maximum atomic E-state index is 12.7. The molecule has 0 aliphatic heterocycles. The summed E-state index contributed by atoms with van der Waals surface area (Å²) in [5.41, 5.74) is -2.65. The first-order valence-electron chi connectivity index (χ1n) is 4.96. The maximum Gasteiger partial charge on any atom is 0.419 e. The molecule has 0 saturated heterocycles. The van der Waals surface area contributed by atoms with Crippen LogP contribution in [-0.2, 0) is 12.4 Å². The molecule has 1 aromatic carbocycles. The van der Waals surface area contributed by atoms with Crippen molar-refractivity contribution in [1.82, 2.24) is 4.98 Å². The Balaban J connectivity index is 2.48. The van der Waals surface area contributed by atoms with E-state index in [4.69, 9.17) is 0 Å². The number of rotatable bonds is 2. The number of alkyl halides is 6. The Hall–Kier alpha value is -2.19. The molecule has 0 atom stereocenters.